The summed E-state index contributed by atoms with van der Waals surface area (Å²) in [7, 11) is 1.53. The molecule has 0 fully saturated rings. The number of hydrogen-bond acceptors (Lipinski definition) is 6. The van der Waals surface area contributed by atoms with E-state index in [0.29, 0.717) is 41.2 Å². The number of methoxy groups -OCH3 is 1. The van der Waals surface area contributed by atoms with Crippen molar-refractivity contribution in [2.24, 2.45) is 22.6 Å². The van der Waals surface area contributed by atoms with Crippen LogP contribution in [0.1, 0.15) is 42.4 Å². The number of ether oxygens (including phenoxy) is 1. The fourth-order valence-electron chi connectivity index (χ4n) is 4.87. The molecule has 0 aliphatic carbocycles. The van der Waals surface area contributed by atoms with E-state index < -0.39 is 73.6 Å². The lowest BCUT2D eigenvalue weighted by molar-refractivity contribution is -0.152. The molecule has 43 heavy (non-hydrogen) atoms. The Morgan fingerprint density at radius 1 is 0.977 bits per heavy atom. The van der Waals surface area contributed by atoms with Crippen molar-refractivity contribution in [3.05, 3.63) is 65.2 Å². The number of primary amides is 1. The Balaban J connectivity index is 2.01. The normalized spacial score (nSPS) is 16.9. The van der Waals surface area contributed by atoms with E-state index in [1.807, 2.05) is 0 Å². The molecule has 3 atom stereocenters. The molecule has 14 heteroatoms. The number of Topliss-reactive ketones (excluding diaryl/α,β-unsaturated/α-hetero) is 1. The molecule has 3 rings (SSSR count). The van der Waals surface area contributed by atoms with Crippen LogP contribution in [0.3, 0.4) is 0 Å². The summed E-state index contributed by atoms with van der Waals surface area (Å²) in [4.78, 5) is 43.5. The quantitative estimate of drug-likeness (QED) is 0.226. The Kier molecular flexibility index (Phi) is 11.3. The number of halogens is 6. The average molecular weight is 615 g/mol. The van der Waals surface area contributed by atoms with Gasteiger partial charge in [-0.25, -0.2) is 0 Å². The Hall–Kier alpha value is -3.94. The molecular formula is C29H32F6N4O4. The highest BCUT2D eigenvalue weighted by Crippen LogP contribution is 2.33. The van der Waals surface area contributed by atoms with Crippen LogP contribution in [0.25, 0.3) is 0 Å². The number of benzene rings is 2. The Morgan fingerprint density at radius 2 is 1.60 bits per heavy atom. The van der Waals surface area contributed by atoms with Crippen molar-refractivity contribution in [3.8, 4) is 0 Å². The summed E-state index contributed by atoms with van der Waals surface area (Å²) in [5, 5.41) is 5.49. The molecule has 1 heterocycles. The van der Waals surface area contributed by atoms with Gasteiger partial charge in [-0.1, -0.05) is 42.5 Å². The largest absolute Gasteiger partial charge is 0.389 e. The predicted octanol–water partition coefficient (Wildman–Crippen LogP) is 4.55. The van der Waals surface area contributed by atoms with Gasteiger partial charge in [0.15, 0.2) is 11.9 Å². The number of rotatable bonds is 13. The Morgan fingerprint density at radius 3 is 2.19 bits per heavy atom. The van der Waals surface area contributed by atoms with Crippen molar-refractivity contribution >= 4 is 29.0 Å². The summed E-state index contributed by atoms with van der Waals surface area (Å²) >= 11 is 0. The van der Waals surface area contributed by atoms with Crippen molar-refractivity contribution in [1.29, 1.82) is 0 Å². The van der Waals surface area contributed by atoms with Crippen LogP contribution < -0.4 is 16.4 Å². The van der Waals surface area contributed by atoms with Crippen molar-refractivity contribution in [3.63, 3.8) is 0 Å². The SMILES string of the molecule is COCCNc1cccc2c1CC(=O)[C@@H](NC(=O)[C@H](CCC(F)(F)F)[C@H](CCC(F)(F)F)C(N)=O)N=C2c1ccccc1. The number of nitrogens with zero attached hydrogens (tertiary/aromatic N) is 1. The van der Waals surface area contributed by atoms with Gasteiger partial charge < -0.3 is 21.1 Å². The minimum atomic E-state index is -4.77. The third-order valence-corrected chi connectivity index (χ3v) is 6.96. The molecule has 0 spiro atoms. The lowest BCUT2D eigenvalue weighted by Crippen LogP contribution is -2.47. The van der Waals surface area contributed by atoms with Gasteiger partial charge in [-0.3, -0.25) is 19.4 Å². The summed E-state index contributed by atoms with van der Waals surface area (Å²) in [5.74, 6) is -6.96. The van der Waals surface area contributed by atoms with Gasteiger partial charge in [-0.2, -0.15) is 26.3 Å². The molecule has 2 amide bonds. The molecule has 8 nitrogen and oxygen atoms in total. The van der Waals surface area contributed by atoms with Crippen LogP contribution in [0.5, 0.6) is 0 Å². The second-order valence-electron chi connectivity index (χ2n) is 10.1. The fraction of sp³-hybridized carbons (Fsp3) is 0.448. The Bertz CT molecular complexity index is 1310. The number of nitrogens with two attached hydrogens (primary N) is 1. The molecule has 0 unspecified atom stereocenters. The van der Waals surface area contributed by atoms with E-state index in [9.17, 15) is 40.7 Å². The van der Waals surface area contributed by atoms with Crippen molar-refractivity contribution in [1.82, 2.24) is 5.32 Å². The number of aliphatic imine (C=N–C) groups is 1. The van der Waals surface area contributed by atoms with Crippen LogP contribution in [0.4, 0.5) is 32.0 Å². The van der Waals surface area contributed by atoms with Crippen LogP contribution in [0.2, 0.25) is 0 Å². The lowest BCUT2D eigenvalue weighted by atomic mass is 9.83. The van der Waals surface area contributed by atoms with E-state index in [4.69, 9.17) is 10.5 Å². The smallest absolute Gasteiger partial charge is 0.383 e. The molecule has 0 saturated heterocycles. The van der Waals surface area contributed by atoms with Crippen LogP contribution in [-0.4, -0.2) is 62.1 Å². The third kappa shape index (κ3) is 9.80. The van der Waals surface area contributed by atoms with Gasteiger partial charge >= 0.3 is 12.4 Å². The van der Waals surface area contributed by atoms with Gasteiger partial charge in [-0.15, -0.1) is 0 Å². The molecule has 234 valence electrons. The highest BCUT2D eigenvalue weighted by Gasteiger charge is 2.40. The van der Waals surface area contributed by atoms with Gasteiger partial charge in [-0.05, 0) is 24.5 Å². The number of carbonyl (C=O) groups excluding carboxylic acids is 3. The number of alkyl halides is 6. The van der Waals surface area contributed by atoms with Gasteiger partial charge in [0.1, 0.15) is 0 Å². The van der Waals surface area contributed by atoms with Crippen LogP contribution >= 0.6 is 0 Å². The molecule has 1 aliphatic heterocycles. The van der Waals surface area contributed by atoms with Crippen LogP contribution in [0.15, 0.2) is 53.5 Å². The van der Waals surface area contributed by atoms with E-state index in [1.54, 1.807) is 48.5 Å². The highest BCUT2D eigenvalue weighted by atomic mass is 19.4. The second kappa shape index (κ2) is 14.5. The summed E-state index contributed by atoms with van der Waals surface area (Å²) in [6, 6.07) is 13.9. The molecular weight excluding hydrogens is 582 g/mol. The van der Waals surface area contributed by atoms with Crippen molar-refractivity contribution in [2.75, 3.05) is 25.6 Å². The summed E-state index contributed by atoms with van der Waals surface area (Å²) in [6.07, 6.45) is -16.5. The van der Waals surface area contributed by atoms with Crippen LogP contribution in [0, 0.1) is 11.8 Å². The first-order valence-electron chi connectivity index (χ1n) is 13.4. The Labute approximate surface area is 244 Å². The number of anilines is 1. The first-order valence-corrected chi connectivity index (χ1v) is 13.4. The molecule has 0 aromatic heterocycles. The van der Waals surface area contributed by atoms with E-state index in [2.05, 4.69) is 15.6 Å². The maximum absolute atomic E-state index is 13.5. The van der Waals surface area contributed by atoms with Crippen LogP contribution in [-0.2, 0) is 25.5 Å². The fourth-order valence-corrected chi connectivity index (χ4v) is 4.87. The van der Waals surface area contributed by atoms with Gasteiger partial charge in [0.2, 0.25) is 11.8 Å². The number of amides is 2. The van der Waals surface area contributed by atoms with E-state index in [0.717, 1.165) is 0 Å². The van der Waals surface area contributed by atoms with Gasteiger partial charge in [0.05, 0.1) is 12.3 Å². The molecule has 0 saturated carbocycles. The molecule has 0 bridgehead atoms. The first-order chi connectivity index (χ1) is 20.2. The summed E-state index contributed by atoms with van der Waals surface area (Å²) in [6.45, 7) is 0.775. The lowest BCUT2D eigenvalue weighted by Gasteiger charge is -2.26. The predicted molar refractivity (Wildman–Crippen MR) is 146 cm³/mol. The maximum Gasteiger partial charge on any atom is 0.389 e. The summed E-state index contributed by atoms with van der Waals surface area (Å²) < 4.78 is 83.3. The number of ketones is 1. The average Bonchev–Trinajstić information content (AvgIpc) is 3.06. The van der Waals surface area contributed by atoms with Gasteiger partial charge in [0, 0.05) is 61.6 Å². The molecule has 4 N–H and O–H groups in total. The highest BCUT2D eigenvalue weighted by molar-refractivity contribution is 6.17. The minimum Gasteiger partial charge on any atom is -0.383 e. The van der Waals surface area contributed by atoms with Crippen molar-refractivity contribution < 1.29 is 45.5 Å². The van der Waals surface area contributed by atoms with Crippen molar-refractivity contribution in [2.45, 2.75) is 50.6 Å². The number of hydrogen-bond donors (Lipinski definition) is 3. The first kappa shape index (κ1) is 33.6. The number of fused-ring (bicyclic) bond motifs is 1. The molecule has 2 aromatic carbocycles. The third-order valence-electron chi connectivity index (χ3n) is 6.96. The van der Waals surface area contributed by atoms with Gasteiger partial charge in [0.25, 0.3) is 0 Å². The summed E-state index contributed by atoms with van der Waals surface area (Å²) in [5.41, 5.74) is 7.86. The number of carbonyl (C=O) groups is 3. The standard InChI is InChI=1S/C29H32F6N4O4/c1-43-15-14-37-22-9-5-8-18-21(22)16-23(40)26(38-24(18)17-6-3-2-4-7-17)39-27(42)20(11-13-29(33,34)35)19(25(36)41)10-12-28(30,31)32/h2-9,19-20,26,37H,10-16H2,1H3,(H2,36,41)(H,39,42)/t19-,20+,26+/m0/s1. The van der Waals surface area contributed by atoms with E-state index >= 15 is 0 Å². The zero-order valence-corrected chi connectivity index (χ0v) is 23.2. The van der Waals surface area contributed by atoms with E-state index in [-0.39, 0.29) is 6.42 Å². The monoisotopic (exact) mass is 614 g/mol. The van der Waals surface area contributed by atoms with E-state index in [1.165, 1.54) is 7.11 Å². The maximum atomic E-state index is 13.5. The zero-order chi connectivity index (χ0) is 31.8. The zero-order valence-electron chi connectivity index (χ0n) is 23.2. The topological polar surface area (TPSA) is 123 Å². The molecule has 0 radical (unpaired) electrons. The molecule has 2 aromatic rings. The minimum absolute atomic E-state index is 0.239. The second-order valence-corrected chi connectivity index (χ2v) is 10.1. The molecule has 1 aliphatic rings. The number of nitrogens with one attached hydrogen (secondary N) is 2.